The van der Waals surface area contributed by atoms with Crippen LogP contribution in [0.2, 0.25) is 5.02 Å². The molecule has 6 heteroatoms. The Labute approximate surface area is 110 Å². The standard InChI is InChI=1S/C12H13ClN4O/c1-16(6-12-14-8-15-17(12)2)11-5-10(13)4-3-9(11)7-18/h3-5,7-8H,6H2,1-2H3. The van der Waals surface area contributed by atoms with Crippen LogP contribution in [0.25, 0.3) is 0 Å². The molecule has 0 saturated carbocycles. The van der Waals surface area contributed by atoms with E-state index in [4.69, 9.17) is 11.6 Å². The van der Waals surface area contributed by atoms with Crippen LogP contribution in [0.15, 0.2) is 24.5 Å². The van der Waals surface area contributed by atoms with E-state index in [1.807, 2.05) is 19.0 Å². The van der Waals surface area contributed by atoms with Crippen LogP contribution in [0.4, 0.5) is 5.69 Å². The first-order chi connectivity index (χ1) is 8.61. The molecular weight excluding hydrogens is 252 g/mol. The maximum Gasteiger partial charge on any atom is 0.152 e. The first kappa shape index (κ1) is 12.6. The molecule has 0 unspecified atom stereocenters. The van der Waals surface area contributed by atoms with Gasteiger partial charge in [0.2, 0.25) is 0 Å². The van der Waals surface area contributed by atoms with Gasteiger partial charge in [-0.3, -0.25) is 9.48 Å². The molecule has 0 radical (unpaired) electrons. The summed E-state index contributed by atoms with van der Waals surface area (Å²) >= 11 is 5.96. The van der Waals surface area contributed by atoms with E-state index in [9.17, 15) is 4.79 Å². The largest absolute Gasteiger partial charge is 0.366 e. The van der Waals surface area contributed by atoms with Crippen molar-refractivity contribution in [3.63, 3.8) is 0 Å². The molecule has 2 rings (SSSR count). The molecule has 0 fully saturated rings. The second-order valence-corrected chi connectivity index (χ2v) is 4.41. The van der Waals surface area contributed by atoms with Gasteiger partial charge in [0.15, 0.2) is 6.29 Å². The van der Waals surface area contributed by atoms with E-state index in [0.717, 1.165) is 17.8 Å². The third-order valence-corrected chi connectivity index (χ3v) is 2.95. The Morgan fingerprint density at radius 2 is 2.28 bits per heavy atom. The maximum absolute atomic E-state index is 11.0. The van der Waals surface area contributed by atoms with E-state index >= 15 is 0 Å². The highest BCUT2D eigenvalue weighted by Crippen LogP contribution is 2.23. The molecule has 94 valence electrons. The smallest absolute Gasteiger partial charge is 0.152 e. The van der Waals surface area contributed by atoms with Gasteiger partial charge in [0.25, 0.3) is 0 Å². The molecule has 0 bridgehead atoms. The lowest BCUT2D eigenvalue weighted by atomic mass is 10.2. The Morgan fingerprint density at radius 3 is 2.89 bits per heavy atom. The van der Waals surface area contributed by atoms with E-state index in [1.165, 1.54) is 6.33 Å². The van der Waals surface area contributed by atoms with E-state index < -0.39 is 0 Å². The number of benzene rings is 1. The third kappa shape index (κ3) is 2.51. The van der Waals surface area contributed by atoms with Gasteiger partial charge in [-0.25, -0.2) is 4.98 Å². The molecule has 18 heavy (non-hydrogen) atoms. The van der Waals surface area contributed by atoms with Crippen molar-refractivity contribution in [2.75, 3.05) is 11.9 Å². The number of aryl methyl sites for hydroxylation is 1. The third-order valence-electron chi connectivity index (χ3n) is 2.71. The molecule has 2 aromatic rings. The Hall–Kier alpha value is -1.88. The van der Waals surface area contributed by atoms with Gasteiger partial charge in [-0.05, 0) is 18.2 Å². The predicted octanol–water partition coefficient (Wildman–Crippen LogP) is 1.92. The van der Waals surface area contributed by atoms with Crippen LogP contribution < -0.4 is 4.90 Å². The zero-order valence-corrected chi connectivity index (χ0v) is 10.9. The summed E-state index contributed by atoms with van der Waals surface area (Å²) in [5, 5.41) is 4.60. The summed E-state index contributed by atoms with van der Waals surface area (Å²) in [6.07, 6.45) is 2.32. The molecule has 5 nitrogen and oxygen atoms in total. The number of carbonyl (C=O) groups excluding carboxylic acids is 1. The van der Waals surface area contributed by atoms with Crippen LogP contribution in [0.5, 0.6) is 0 Å². The van der Waals surface area contributed by atoms with Crippen molar-refractivity contribution >= 4 is 23.6 Å². The van der Waals surface area contributed by atoms with Crippen molar-refractivity contribution in [3.05, 3.63) is 40.9 Å². The highest BCUT2D eigenvalue weighted by molar-refractivity contribution is 6.31. The summed E-state index contributed by atoms with van der Waals surface area (Å²) in [6, 6.07) is 5.17. The van der Waals surface area contributed by atoms with Gasteiger partial charge in [-0.15, -0.1) is 0 Å². The predicted molar refractivity (Wildman–Crippen MR) is 69.9 cm³/mol. The average molecular weight is 265 g/mol. The van der Waals surface area contributed by atoms with Crippen LogP contribution >= 0.6 is 11.6 Å². The minimum absolute atomic E-state index is 0.553. The number of anilines is 1. The second-order valence-electron chi connectivity index (χ2n) is 3.98. The highest BCUT2D eigenvalue weighted by atomic mass is 35.5. The van der Waals surface area contributed by atoms with Crippen LogP contribution in [0, 0.1) is 0 Å². The van der Waals surface area contributed by atoms with E-state index in [0.29, 0.717) is 17.1 Å². The van der Waals surface area contributed by atoms with Crippen LogP contribution in [-0.2, 0) is 13.6 Å². The number of rotatable bonds is 4. The Morgan fingerprint density at radius 1 is 1.50 bits per heavy atom. The van der Waals surface area contributed by atoms with Gasteiger partial charge in [-0.2, -0.15) is 5.10 Å². The van der Waals surface area contributed by atoms with Crippen LogP contribution in [0.1, 0.15) is 16.2 Å². The fraction of sp³-hybridized carbons (Fsp3) is 0.250. The summed E-state index contributed by atoms with van der Waals surface area (Å²) in [6.45, 7) is 0.553. The number of halogens is 1. The second kappa shape index (κ2) is 5.18. The highest BCUT2D eigenvalue weighted by Gasteiger charge is 2.10. The Balaban J connectivity index is 2.28. The molecule has 0 aliphatic carbocycles. The Kier molecular flexibility index (Phi) is 3.62. The summed E-state index contributed by atoms with van der Waals surface area (Å²) in [4.78, 5) is 17.1. The molecule has 1 aromatic carbocycles. The van der Waals surface area contributed by atoms with Gasteiger partial charge in [0.1, 0.15) is 12.2 Å². The number of nitrogens with zero attached hydrogens (tertiary/aromatic N) is 4. The molecule has 0 aliphatic heterocycles. The van der Waals surface area contributed by atoms with E-state index in [1.54, 1.807) is 22.9 Å². The molecule has 0 atom stereocenters. The topological polar surface area (TPSA) is 51.0 Å². The van der Waals surface area contributed by atoms with Crippen molar-refractivity contribution < 1.29 is 4.79 Å². The molecule has 0 N–H and O–H groups in total. The summed E-state index contributed by atoms with van der Waals surface area (Å²) in [5.74, 6) is 0.814. The number of carbonyl (C=O) groups is 1. The number of hydrogen-bond donors (Lipinski definition) is 0. The lowest BCUT2D eigenvalue weighted by Gasteiger charge is -2.20. The van der Waals surface area contributed by atoms with E-state index in [-0.39, 0.29) is 0 Å². The van der Waals surface area contributed by atoms with E-state index in [2.05, 4.69) is 10.1 Å². The van der Waals surface area contributed by atoms with Crippen molar-refractivity contribution in [2.24, 2.45) is 7.05 Å². The van der Waals surface area contributed by atoms with Gasteiger partial charge in [0.05, 0.1) is 6.54 Å². The molecule has 0 amide bonds. The van der Waals surface area contributed by atoms with Crippen molar-refractivity contribution in [2.45, 2.75) is 6.54 Å². The van der Waals surface area contributed by atoms with Crippen LogP contribution in [0.3, 0.4) is 0 Å². The summed E-state index contributed by atoms with van der Waals surface area (Å²) in [7, 11) is 3.71. The monoisotopic (exact) mass is 264 g/mol. The molecule has 0 spiro atoms. The van der Waals surface area contributed by atoms with Gasteiger partial charge in [0, 0.05) is 30.4 Å². The normalized spacial score (nSPS) is 10.4. The summed E-state index contributed by atoms with van der Waals surface area (Å²) < 4.78 is 1.70. The molecule has 1 aromatic heterocycles. The van der Waals surface area contributed by atoms with Gasteiger partial charge in [-0.1, -0.05) is 11.6 Å². The minimum atomic E-state index is 0.553. The number of aromatic nitrogens is 3. The van der Waals surface area contributed by atoms with Crippen molar-refractivity contribution in [1.82, 2.24) is 14.8 Å². The zero-order chi connectivity index (χ0) is 13.1. The fourth-order valence-corrected chi connectivity index (χ4v) is 1.87. The quantitative estimate of drug-likeness (QED) is 0.792. The molecule has 0 aliphatic rings. The molecule has 0 saturated heterocycles. The van der Waals surface area contributed by atoms with Crippen molar-refractivity contribution in [1.29, 1.82) is 0 Å². The molecular formula is C12H13ClN4O. The number of aldehydes is 1. The number of hydrogen-bond acceptors (Lipinski definition) is 4. The van der Waals surface area contributed by atoms with Crippen molar-refractivity contribution in [3.8, 4) is 0 Å². The fourth-order valence-electron chi connectivity index (χ4n) is 1.71. The summed E-state index contributed by atoms with van der Waals surface area (Å²) in [5.41, 5.74) is 1.38. The SMILES string of the molecule is CN(Cc1ncnn1C)c1cc(Cl)ccc1C=O. The Bertz CT molecular complexity index is 567. The van der Waals surface area contributed by atoms with Gasteiger partial charge < -0.3 is 4.90 Å². The maximum atomic E-state index is 11.0. The lowest BCUT2D eigenvalue weighted by molar-refractivity contribution is 0.112. The first-order valence-electron chi connectivity index (χ1n) is 5.40. The zero-order valence-electron chi connectivity index (χ0n) is 10.2. The first-order valence-corrected chi connectivity index (χ1v) is 5.78. The van der Waals surface area contributed by atoms with Gasteiger partial charge >= 0.3 is 0 Å². The lowest BCUT2D eigenvalue weighted by Crippen LogP contribution is -2.20. The van der Waals surface area contributed by atoms with Crippen LogP contribution in [-0.4, -0.2) is 28.1 Å². The molecule has 1 heterocycles. The average Bonchev–Trinajstić information content (AvgIpc) is 2.75. The minimum Gasteiger partial charge on any atom is -0.366 e.